The second kappa shape index (κ2) is 14.8. The maximum Gasteiger partial charge on any atom is 0.341 e. The molecule has 0 atom stereocenters. The summed E-state index contributed by atoms with van der Waals surface area (Å²) in [6.07, 6.45) is 12.6. The molecule has 128 valence electrons. The summed E-state index contributed by atoms with van der Waals surface area (Å²) in [4.78, 5) is 11.7. The van der Waals surface area contributed by atoms with Gasteiger partial charge in [0.2, 0.25) is 0 Å². The van der Waals surface area contributed by atoms with Crippen LogP contribution < -0.4 is 0 Å². The third-order valence-corrected chi connectivity index (χ3v) is 3.86. The Morgan fingerprint density at radius 1 is 0.913 bits per heavy atom. The molecule has 0 bridgehead atoms. The van der Waals surface area contributed by atoms with Gasteiger partial charge in [0.05, 0.1) is 6.61 Å². The summed E-state index contributed by atoms with van der Waals surface area (Å²) in [5, 5.41) is 9.56. The number of esters is 1. The van der Waals surface area contributed by atoms with E-state index in [1.54, 1.807) is 18.2 Å². The number of hydrogen-bond acceptors (Lipinski definition) is 3. The molecule has 0 spiro atoms. The molecule has 4 heteroatoms. The highest BCUT2D eigenvalue weighted by Crippen LogP contribution is 2.17. The van der Waals surface area contributed by atoms with Gasteiger partial charge in [-0.2, -0.15) is 0 Å². The summed E-state index contributed by atoms with van der Waals surface area (Å²) in [5.74, 6) is -0.454. The van der Waals surface area contributed by atoms with Crippen LogP contribution in [0.1, 0.15) is 81.5 Å². The van der Waals surface area contributed by atoms with Gasteiger partial charge in [0.1, 0.15) is 11.3 Å². The Morgan fingerprint density at radius 3 is 2.00 bits per heavy atom. The van der Waals surface area contributed by atoms with Crippen LogP contribution in [0, 0.1) is 0 Å². The van der Waals surface area contributed by atoms with Gasteiger partial charge >= 0.3 is 29.0 Å². The molecule has 0 unspecified atom stereocenters. The van der Waals surface area contributed by atoms with E-state index in [1.165, 1.54) is 57.4 Å². The summed E-state index contributed by atoms with van der Waals surface area (Å²) >= 11 is 0. The van der Waals surface area contributed by atoms with Gasteiger partial charge in [-0.05, 0) is 18.6 Å². The SMILES string of the molecule is CCCCCCCCCCCCOC(=O)c1ccccc1O.[MgH2]. The second-order valence-corrected chi connectivity index (χ2v) is 5.84. The van der Waals surface area contributed by atoms with Gasteiger partial charge < -0.3 is 9.84 Å². The van der Waals surface area contributed by atoms with E-state index in [2.05, 4.69) is 6.92 Å². The number of hydrogen-bond donors (Lipinski definition) is 1. The van der Waals surface area contributed by atoms with Crippen molar-refractivity contribution in [1.29, 1.82) is 0 Å². The molecular weight excluding hydrogens is 301 g/mol. The number of unbranched alkanes of at least 4 members (excludes halogenated alkanes) is 9. The lowest BCUT2D eigenvalue weighted by Gasteiger charge is -2.06. The molecule has 0 saturated heterocycles. The highest BCUT2D eigenvalue weighted by molar-refractivity contribution is 5.92. The zero-order valence-corrected chi connectivity index (χ0v) is 13.9. The number of aromatic hydroxyl groups is 1. The lowest BCUT2D eigenvalue weighted by molar-refractivity contribution is 0.0494. The van der Waals surface area contributed by atoms with Gasteiger partial charge in [-0.15, -0.1) is 0 Å². The minimum absolute atomic E-state index is 0. The van der Waals surface area contributed by atoms with E-state index in [4.69, 9.17) is 4.74 Å². The van der Waals surface area contributed by atoms with Crippen LogP contribution in [0.4, 0.5) is 0 Å². The highest BCUT2D eigenvalue weighted by Gasteiger charge is 2.10. The predicted octanol–water partition coefficient (Wildman–Crippen LogP) is 4.55. The van der Waals surface area contributed by atoms with Gasteiger partial charge in [0.25, 0.3) is 0 Å². The first-order valence-electron chi connectivity index (χ1n) is 8.70. The molecule has 1 aromatic carbocycles. The predicted molar refractivity (Wildman–Crippen MR) is 98.8 cm³/mol. The van der Waals surface area contributed by atoms with Gasteiger partial charge in [-0.1, -0.05) is 76.8 Å². The molecule has 3 nitrogen and oxygen atoms in total. The minimum Gasteiger partial charge on any atom is -0.507 e. The van der Waals surface area contributed by atoms with Gasteiger partial charge in [-0.25, -0.2) is 4.79 Å². The van der Waals surface area contributed by atoms with Crippen molar-refractivity contribution in [2.24, 2.45) is 0 Å². The first-order chi connectivity index (χ1) is 10.8. The van der Waals surface area contributed by atoms with E-state index in [-0.39, 0.29) is 34.4 Å². The number of phenolic OH excluding ortho intramolecular Hbond substituents is 1. The molecule has 0 heterocycles. The molecule has 0 radical (unpaired) electrons. The van der Waals surface area contributed by atoms with E-state index in [0.717, 1.165) is 12.8 Å². The van der Waals surface area contributed by atoms with Crippen LogP contribution in [0.5, 0.6) is 5.75 Å². The van der Waals surface area contributed by atoms with Crippen LogP contribution in [-0.2, 0) is 4.74 Å². The Hall–Kier alpha value is -0.744. The Bertz CT molecular complexity index is 421. The number of rotatable bonds is 12. The topological polar surface area (TPSA) is 46.5 Å². The highest BCUT2D eigenvalue weighted by atomic mass is 24.3. The van der Waals surface area contributed by atoms with E-state index < -0.39 is 5.97 Å². The van der Waals surface area contributed by atoms with Crippen molar-refractivity contribution in [2.75, 3.05) is 6.61 Å². The first kappa shape index (κ1) is 22.3. The normalized spacial score (nSPS) is 10.1. The van der Waals surface area contributed by atoms with Crippen LogP contribution in [-0.4, -0.2) is 40.7 Å². The van der Waals surface area contributed by atoms with E-state index in [0.29, 0.717) is 6.61 Å². The average molecular weight is 333 g/mol. The van der Waals surface area contributed by atoms with Crippen molar-refractivity contribution in [2.45, 2.75) is 71.1 Å². The number of carbonyl (C=O) groups excluding carboxylic acids is 1. The first-order valence-corrected chi connectivity index (χ1v) is 8.70. The van der Waals surface area contributed by atoms with Crippen LogP contribution in [0.3, 0.4) is 0 Å². The quantitative estimate of drug-likeness (QED) is 0.347. The number of para-hydroxylation sites is 1. The van der Waals surface area contributed by atoms with E-state index in [9.17, 15) is 9.90 Å². The molecule has 0 saturated carbocycles. The van der Waals surface area contributed by atoms with Gasteiger partial charge in [0.15, 0.2) is 0 Å². The van der Waals surface area contributed by atoms with Crippen molar-refractivity contribution in [1.82, 2.24) is 0 Å². The number of carbonyl (C=O) groups is 1. The molecule has 0 aromatic heterocycles. The molecule has 0 aliphatic carbocycles. The smallest absolute Gasteiger partial charge is 0.341 e. The Labute approximate surface area is 157 Å². The van der Waals surface area contributed by atoms with Crippen molar-refractivity contribution in [3.05, 3.63) is 29.8 Å². The van der Waals surface area contributed by atoms with Gasteiger partial charge in [-0.3, -0.25) is 0 Å². The second-order valence-electron chi connectivity index (χ2n) is 5.84. The third-order valence-electron chi connectivity index (χ3n) is 3.86. The summed E-state index contributed by atoms with van der Waals surface area (Å²) in [7, 11) is 0. The molecule has 1 aromatic rings. The zero-order valence-electron chi connectivity index (χ0n) is 13.9. The standard InChI is InChI=1S/C19H30O3.Mg.2H/c1-2-3-4-5-6-7-8-9-10-13-16-22-19(21)17-14-11-12-15-18(17)20;;;/h11-12,14-15,20H,2-10,13,16H2,1H3;;;. The average Bonchev–Trinajstić information content (AvgIpc) is 2.53. The summed E-state index contributed by atoms with van der Waals surface area (Å²) < 4.78 is 5.18. The third kappa shape index (κ3) is 10.6. The molecular formula is C19H32MgO3. The monoisotopic (exact) mass is 332 g/mol. The number of benzene rings is 1. The molecule has 0 aliphatic rings. The van der Waals surface area contributed by atoms with Crippen molar-refractivity contribution in [3.8, 4) is 5.75 Å². The molecule has 0 amide bonds. The van der Waals surface area contributed by atoms with Crippen LogP contribution in [0.15, 0.2) is 24.3 Å². The zero-order chi connectivity index (χ0) is 16.0. The number of phenols is 1. The molecule has 0 fully saturated rings. The van der Waals surface area contributed by atoms with E-state index in [1.807, 2.05) is 0 Å². The largest absolute Gasteiger partial charge is 0.507 e. The van der Waals surface area contributed by atoms with Crippen molar-refractivity contribution >= 4 is 29.0 Å². The Morgan fingerprint density at radius 2 is 1.43 bits per heavy atom. The maximum atomic E-state index is 11.7. The fraction of sp³-hybridized carbons (Fsp3) is 0.632. The fourth-order valence-corrected chi connectivity index (χ4v) is 2.48. The fourth-order valence-electron chi connectivity index (χ4n) is 2.48. The minimum atomic E-state index is -0.436. The van der Waals surface area contributed by atoms with Crippen LogP contribution in [0.2, 0.25) is 0 Å². The lowest BCUT2D eigenvalue weighted by atomic mass is 10.1. The number of ether oxygens (including phenoxy) is 1. The molecule has 0 aliphatic heterocycles. The van der Waals surface area contributed by atoms with Crippen LogP contribution >= 0.6 is 0 Å². The Kier molecular flexibility index (Phi) is 14.3. The molecule has 1 N–H and O–H groups in total. The van der Waals surface area contributed by atoms with E-state index >= 15 is 0 Å². The Balaban J connectivity index is 0.00000484. The van der Waals surface area contributed by atoms with Crippen molar-refractivity contribution < 1.29 is 14.6 Å². The maximum absolute atomic E-state index is 11.7. The van der Waals surface area contributed by atoms with Crippen LogP contribution in [0.25, 0.3) is 0 Å². The summed E-state index contributed by atoms with van der Waals surface area (Å²) in [6, 6.07) is 6.48. The lowest BCUT2D eigenvalue weighted by Crippen LogP contribution is -2.06. The molecule has 1 rings (SSSR count). The molecule has 23 heavy (non-hydrogen) atoms. The van der Waals surface area contributed by atoms with Crippen molar-refractivity contribution in [3.63, 3.8) is 0 Å². The summed E-state index contributed by atoms with van der Waals surface area (Å²) in [5.41, 5.74) is 0.245. The summed E-state index contributed by atoms with van der Waals surface area (Å²) in [6.45, 7) is 2.68. The van der Waals surface area contributed by atoms with Gasteiger partial charge in [0, 0.05) is 0 Å².